The minimum atomic E-state index is -4.63. The Labute approximate surface area is 265 Å². The molecule has 0 radical (unpaired) electrons. The molecule has 9 nitrogen and oxygen atoms in total. The molecule has 1 saturated heterocycles. The van der Waals surface area contributed by atoms with E-state index >= 15 is 0 Å². The third-order valence-corrected chi connectivity index (χ3v) is 9.34. The Kier molecular flexibility index (Phi) is 8.12. The summed E-state index contributed by atoms with van der Waals surface area (Å²) in [5.74, 6) is -1.22. The Balaban J connectivity index is 1.39. The normalized spacial score (nSPS) is 23.3. The number of aromatic nitrogens is 2. The maximum atomic E-state index is 14.5. The second-order valence-corrected chi connectivity index (χ2v) is 12.9. The summed E-state index contributed by atoms with van der Waals surface area (Å²) in [5, 5.41) is 17.3. The van der Waals surface area contributed by atoms with Crippen LogP contribution in [0.25, 0.3) is 5.69 Å². The van der Waals surface area contributed by atoms with Gasteiger partial charge in [-0.3, -0.25) is 14.4 Å². The predicted octanol–water partition coefficient (Wildman–Crippen LogP) is 5.49. The number of anilines is 1. The second kappa shape index (κ2) is 11.9. The number of carbonyl (C=O) groups is 3. The molecule has 1 aromatic heterocycles. The first-order valence-corrected chi connectivity index (χ1v) is 15.6. The van der Waals surface area contributed by atoms with Crippen LogP contribution in [0, 0.1) is 17.2 Å². The highest BCUT2D eigenvalue weighted by atomic mass is 19.4. The lowest BCUT2D eigenvalue weighted by Gasteiger charge is -2.35. The largest absolute Gasteiger partial charge is 0.418 e. The number of amides is 3. The number of nitriles is 1. The van der Waals surface area contributed by atoms with Crippen LogP contribution in [0.3, 0.4) is 0 Å². The van der Waals surface area contributed by atoms with Gasteiger partial charge in [-0.2, -0.15) is 23.5 Å². The highest BCUT2D eigenvalue weighted by Crippen LogP contribution is 2.47. The molecule has 3 aliphatic heterocycles. The lowest BCUT2D eigenvalue weighted by molar-refractivity contribution is -0.138. The topological polar surface area (TPSA) is 111 Å². The number of carbonyl (C=O) groups excluding carboxylic acids is 3. The Bertz CT molecular complexity index is 1730. The molecule has 240 valence electrons. The molecule has 0 aliphatic carbocycles. The molecular weight excluding hydrogens is 597 g/mol. The van der Waals surface area contributed by atoms with Gasteiger partial charge in [-0.1, -0.05) is 44.5 Å². The summed E-state index contributed by atoms with van der Waals surface area (Å²) >= 11 is 0. The van der Waals surface area contributed by atoms with Crippen molar-refractivity contribution in [2.24, 2.45) is 5.92 Å². The molecule has 1 N–H and O–H groups in total. The number of fused-ring (bicyclic) bond motifs is 2. The summed E-state index contributed by atoms with van der Waals surface area (Å²) in [4.78, 5) is 45.2. The number of nitrogens with one attached hydrogen (secondary N) is 1. The van der Waals surface area contributed by atoms with Crippen molar-refractivity contribution in [1.29, 1.82) is 5.26 Å². The molecule has 4 bridgehead atoms. The lowest BCUT2D eigenvalue weighted by atomic mass is 9.79. The second-order valence-electron chi connectivity index (χ2n) is 12.9. The molecule has 4 heterocycles. The molecular formula is C34H35F3N6O3. The number of aryl methyl sites for hydroxylation is 1. The number of rotatable bonds is 4. The third-order valence-electron chi connectivity index (χ3n) is 9.34. The first-order valence-electron chi connectivity index (χ1n) is 15.6. The molecule has 1 fully saturated rings. The zero-order valence-electron chi connectivity index (χ0n) is 25.7. The summed E-state index contributed by atoms with van der Waals surface area (Å²) in [6.07, 6.45) is 1.22. The zero-order chi connectivity index (χ0) is 32.8. The minimum Gasteiger partial charge on any atom is -0.327 e. The monoisotopic (exact) mass is 632 g/mol. The van der Waals surface area contributed by atoms with Crippen LogP contribution in [0.1, 0.15) is 73.0 Å². The zero-order valence-corrected chi connectivity index (χ0v) is 25.7. The van der Waals surface area contributed by atoms with Crippen molar-refractivity contribution >= 4 is 23.4 Å². The van der Waals surface area contributed by atoms with Crippen molar-refractivity contribution in [2.75, 3.05) is 18.4 Å². The Morgan fingerprint density at radius 2 is 1.93 bits per heavy atom. The van der Waals surface area contributed by atoms with Crippen LogP contribution in [-0.4, -0.2) is 62.5 Å². The van der Waals surface area contributed by atoms with Crippen LogP contribution in [0.5, 0.6) is 0 Å². The average molecular weight is 633 g/mol. The molecule has 0 saturated carbocycles. The van der Waals surface area contributed by atoms with Crippen molar-refractivity contribution in [3.63, 3.8) is 0 Å². The fraction of sp³-hybridized carbons (Fsp3) is 0.441. The van der Waals surface area contributed by atoms with Gasteiger partial charge in [0.15, 0.2) is 0 Å². The van der Waals surface area contributed by atoms with E-state index in [1.807, 2.05) is 32.0 Å². The van der Waals surface area contributed by atoms with Crippen molar-refractivity contribution in [3.8, 4) is 11.8 Å². The van der Waals surface area contributed by atoms with Gasteiger partial charge in [0, 0.05) is 31.4 Å². The van der Waals surface area contributed by atoms with E-state index in [1.54, 1.807) is 0 Å². The van der Waals surface area contributed by atoms with Crippen molar-refractivity contribution in [3.05, 3.63) is 77.1 Å². The fourth-order valence-electron chi connectivity index (χ4n) is 7.06. The van der Waals surface area contributed by atoms with Crippen LogP contribution < -0.4 is 5.32 Å². The smallest absolute Gasteiger partial charge is 0.327 e. The van der Waals surface area contributed by atoms with Gasteiger partial charge < -0.3 is 15.1 Å². The van der Waals surface area contributed by atoms with Crippen LogP contribution in [0.2, 0.25) is 0 Å². The summed E-state index contributed by atoms with van der Waals surface area (Å²) in [7, 11) is 0. The summed E-state index contributed by atoms with van der Waals surface area (Å²) in [6, 6.07) is 11.3. The minimum absolute atomic E-state index is 0.00906. The molecule has 3 aliphatic rings. The Morgan fingerprint density at radius 3 is 2.67 bits per heavy atom. The van der Waals surface area contributed by atoms with E-state index in [-0.39, 0.29) is 42.6 Å². The Hall–Kier alpha value is -4.66. The SMILES string of the molecule is CC(C)C[C@H]1C(=O)N2C[C@]3(C[C@H]2C#N)C(=O)Nc2ccc(cc23)CCCCCN1C(=O)c1cnn(-c2ccccc2C(F)(F)F)c1. The van der Waals surface area contributed by atoms with Gasteiger partial charge >= 0.3 is 6.18 Å². The maximum Gasteiger partial charge on any atom is 0.418 e. The summed E-state index contributed by atoms with van der Waals surface area (Å²) in [5.41, 5.74) is 0.398. The van der Waals surface area contributed by atoms with Crippen molar-refractivity contribution < 1.29 is 27.6 Å². The predicted molar refractivity (Wildman–Crippen MR) is 163 cm³/mol. The number of para-hydroxylation sites is 1. The van der Waals surface area contributed by atoms with Gasteiger partial charge in [0.05, 0.1) is 34.5 Å². The summed E-state index contributed by atoms with van der Waals surface area (Å²) in [6.45, 7) is 4.11. The maximum absolute atomic E-state index is 14.5. The molecule has 6 rings (SSSR count). The quantitative estimate of drug-likeness (QED) is 0.409. The molecule has 3 amide bonds. The van der Waals surface area contributed by atoms with E-state index in [9.17, 15) is 32.8 Å². The van der Waals surface area contributed by atoms with Gasteiger partial charge in [-0.15, -0.1) is 0 Å². The average Bonchev–Trinajstić information content (AvgIpc) is 3.73. The number of hydrogen-bond acceptors (Lipinski definition) is 5. The van der Waals surface area contributed by atoms with E-state index in [0.717, 1.165) is 41.1 Å². The first-order chi connectivity index (χ1) is 21.9. The standard InChI is InChI=1S/C34H35F3N6O3/c1-21(2)14-29-31(45)42-20-33(16-24(42)17-38)26-15-22(11-12-27(26)40-32(33)46)8-4-3-7-13-41(29)30(44)23-18-39-43(19-23)28-10-6-5-9-25(28)34(35,36)37/h5-6,9-12,15,18-19,21,24,29H,3-4,7-8,13-14,16,20H2,1-2H3,(H,40,46)/t24-,29-,33-/m0/s1. The fourth-order valence-corrected chi connectivity index (χ4v) is 7.06. The van der Waals surface area contributed by atoms with E-state index < -0.39 is 41.1 Å². The summed E-state index contributed by atoms with van der Waals surface area (Å²) < 4.78 is 42.3. The molecule has 0 unspecified atom stereocenters. The first kappa shape index (κ1) is 31.3. The van der Waals surface area contributed by atoms with Gasteiger partial charge in [0.25, 0.3) is 5.91 Å². The van der Waals surface area contributed by atoms with Crippen LogP contribution in [0.15, 0.2) is 54.9 Å². The molecule has 12 heteroatoms. The van der Waals surface area contributed by atoms with Gasteiger partial charge in [0.1, 0.15) is 12.1 Å². The number of nitrogens with zero attached hydrogens (tertiary/aromatic N) is 5. The van der Waals surface area contributed by atoms with Gasteiger partial charge in [-0.25, -0.2) is 4.68 Å². The Morgan fingerprint density at radius 1 is 1.15 bits per heavy atom. The lowest BCUT2D eigenvalue weighted by Crippen LogP contribution is -2.53. The number of alkyl halides is 3. The van der Waals surface area contributed by atoms with Crippen molar-refractivity contribution in [1.82, 2.24) is 19.6 Å². The molecule has 46 heavy (non-hydrogen) atoms. The van der Waals surface area contributed by atoms with Gasteiger partial charge in [-0.05, 0) is 60.9 Å². The van der Waals surface area contributed by atoms with Gasteiger partial charge in [0.2, 0.25) is 11.8 Å². The van der Waals surface area contributed by atoms with Crippen LogP contribution in [0.4, 0.5) is 18.9 Å². The highest BCUT2D eigenvalue weighted by Gasteiger charge is 2.57. The highest BCUT2D eigenvalue weighted by molar-refractivity contribution is 6.07. The number of hydrogen-bond donors (Lipinski definition) is 1. The van der Waals surface area contributed by atoms with E-state index in [4.69, 9.17) is 0 Å². The van der Waals surface area contributed by atoms with E-state index in [0.29, 0.717) is 18.5 Å². The van der Waals surface area contributed by atoms with E-state index in [2.05, 4.69) is 16.5 Å². The number of halogens is 3. The van der Waals surface area contributed by atoms with Crippen LogP contribution in [-0.2, 0) is 27.6 Å². The molecule has 3 atom stereocenters. The molecule has 1 spiro atoms. The van der Waals surface area contributed by atoms with Crippen LogP contribution >= 0.6 is 0 Å². The molecule has 3 aromatic rings. The number of benzene rings is 2. The third kappa shape index (κ3) is 5.52. The molecule has 2 aromatic carbocycles. The van der Waals surface area contributed by atoms with E-state index in [1.165, 1.54) is 40.4 Å². The van der Waals surface area contributed by atoms with Crippen molar-refractivity contribution in [2.45, 2.75) is 76.0 Å².